The fourth-order valence-electron chi connectivity index (χ4n) is 5.76. The number of aliphatic hydroxyl groups excluding tert-OH is 1. The predicted octanol–water partition coefficient (Wildman–Crippen LogP) is 2.99. The van der Waals surface area contributed by atoms with E-state index >= 15 is 0 Å². The Hall–Kier alpha value is -3.70. The molecular formula is C34H47ClN4O7. The lowest BCUT2D eigenvalue weighted by Crippen LogP contribution is -2.57. The highest BCUT2D eigenvalue weighted by molar-refractivity contribution is 6.30. The number of unbranched alkanes of at least 4 members (excludes halogenated alkanes) is 1. The predicted molar refractivity (Wildman–Crippen MR) is 175 cm³/mol. The number of amides is 4. The van der Waals surface area contributed by atoms with Crippen LogP contribution in [0.3, 0.4) is 0 Å². The summed E-state index contributed by atoms with van der Waals surface area (Å²) in [4.78, 5) is 64.0. The number of carbonyl (C=O) groups is 5. The van der Waals surface area contributed by atoms with E-state index in [9.17, 15) is 29.1 Å². The highest BCUT2D eigenvalue weighted by Gasteiger charge is 2.38. The number of aliphatic hydroxyl groups is 1. The lowest BCUT2D eigenvalue weighted by molar-refractivity contribution is -0.157. The van der Waals surface area contributed by atoms with Gasteiger partial charge in [-0.1, -0.05) is 68.7 Å². The molecule has 1 saturated heterocycles. The number of rotatable bonds is 16. The molecule has 252 valence electrons. The van der Waals surface area contributed by atoms with Crippen LogP contribution in [0.25, 0.3) is 0 Å². The van der Waals surface area contributed by atoms with Crippen molar-refractivity contribution in [3.63, 3.8) is 0 Å². The van der Waals surface area contributed by atoms with E-state index in [1.807, 2.05) is 49.4 Å². The molecule has 1 aliphatic heterocycles. The lowest BCUT2D eigenvalue weighted by Gasteiger charge is -2.30. The molecule has 5 N–H and O–H groups in total. The Labute approximate surface area is 275 Å². The summed E-state index contributed by atoms with van der Waals surface area (Å²) in [6.07, 6.45) is 5.84. The number of benzene rings is 1. The largest absolute Gasteiger partial charge is 0.450 e. The molecule has 1 fully saturated rings. The van der Waals surface area contributed by atoms with Crippen molar-refractivity contribution in [1.82, 2.24) is 21.3 Å². The molecule has 0 spiro atoms. The number of hydrogen-bond acceptors (Lipinski definition) is 7. The third kappa shape index (κ3) is 10.4. The first-order valence-electron chi connectivity index (χ1n) is 16.0. The fourth-order valence-corrected chi connectivity index (χ4v) is 5.96. The Kier molecular flexibility index (Phi) is 13.8. The average molecular weight is 659 g/mol. The summed E-state index contributed by atoms with van der Waals surface area (Å²) in [5.74, 6) is -3.10. The number of halogens is 1. The van der Waals surface area contributed by atoms with E-state index in [1.54, 1.807) is 6.92 Å². The van der Waals surface area contributed by atoms with Crippen LogP contribution < -0.4 is 21.3 Å². The van der Waals surface area contributed by atoms with E-state index in [0.29, 0.717) is 42.8 Å². The van der Waals surface area contributed by atoms with E-state index in [4.69, 9.17) is 16.3 Å². The molecule has 0 aromatic heterocycles. The molecule has 6 atom stereocenters. The van der Waals surface area contributed by atoms with Gasteiger partial charge in [-0.15, -0.1) is 0 Å². The molecule has 3 rings (SSSR count). The summed E-state index contributed by atoms with van der Waals surface area (Å²) in [6.45, 7) is 7.63. The Morgan fingerprint density at radius 3 is 2.52 bits per heavy atom. The molecule has 1 heterocycles. The van der Waals surface area contributed by atoms with Gasteiger partial charge in [-0.25, -0.2) is 0 Å². The van der Waals surface area contributed by atoms with Crippen molar-refractivity contribution < 1.29 is 33.8 Å². The number of allylic oxidation sites excluding steroid dienone is 2. The lowest BCUT2D eigenvalue weighted by atomic mass is 9.75. The first-order valence-corrected chi connectivity index (χ1v) is 16.4. The number of esters is 1. The Bertz CT molecular complexity index is 1330. The third-order valence-electron chi connectivity index (χ3n) is 8.45. The van der Waals surface area contributed by atoms with Crippen LogP contribution in [-0.2, 0) is 34.1 Å². The van der Waals surface area contributed by atoms with E-state index in [1.165, 1.54) is 0 Å². The Balaban J connectivity index is 1.71. The van der Waals surface area contributed by atoms with Gasteiger partial charge in [0, 0.05) is 36.4 Å². The average Bonchev–Trinajstić information content (AvgIpc) is 3.41. The molecule has 1 aliphatic carbocycles. The molecule has 3 unspecified atom stereocenters. The van der Waals surface area contributed by atoms with Gasteiger partial charge >= 0.3 is 5.97 Å². The van der Waals surface area contributed by atoms with Gasteiger partial charge in [0.15, 0.2) is 6.10 Å². The van der Waals surface area contributed by atoms with Crippen molar-refractivity contribution in [2.24, 2.45) is 5.92 Å². The fraction of sp³-hybridized carbons (Fsp3) is 0.559. The van der Waals surface area contributed by atoms with Crippen molar-refractivity contribution in [2.45, 2.75) is 102 Å². The van der Waals surface area contributed by atoms with Crippen LogP contribution in [0.4, 0.5) is 0 Å². The van der Waals surface area contributed by atoms with Crippen molar-refractivity contribution in [2.75, 3.05) is 13.1 Å². The Morgan fingerprint density at radius 1 is 1.17 bits per heavy atom. The maximum absolute atomic E-state index is 13.6. The number of likely N-dealkylation sites (N-methyl/N-ethyl adjacent to an activating group) is 1. The maximum Gasteiger partial charge on any atom is 0.303 e. The second-order valence-corrected chi connectivity index (χ2v) is 12.6. The first-order chi connectivity index (χ1) is 21.9. The van der Waals surface area contributed by atoms with Crippen molar-refractivity contribution in [1.29, 1.82) is 0 Å². The van der Waals surface area contributed by atoms with Gasteiger partial charge in [0.2, 0.25) is 17.7 Å². The van der Waals surface area contributed by atoms with E-state index < -0.39 is 53.9 Å². The van der Waals surface area contributed by atoms with Crippen LogP contribution in [0.15, 0.2) is 48.1 Å². The third-order valence-corrected chi connectivity index (χ3v) is 8.68. The smallest absolute Gasteiger partial charge is 0.303 e. The molecule has 0 saturated carbocycles. The highest BCUT2D eigenvalue weighted by atomic mass is 35.5. The topological polar surface area (TPSA) is 163 Å². The number of nitrogens with one attached hydrogen (secondary N) is 4. The maximum atomic E-state index is 13.6. The number of ether oxygens (including phenoxy) is 1. The standard InChI is InChI=1S/C34H47ClN4O7/c1-5-7-11-26(32(44)39-27(18-23-14-17-37-31(23)43)30(46-21(3)40)33(45)36-6-2)38-29(42)20-28(41)22-12-15-34(4,16-13-22)24-9-8-10-25(35)19-24/h8-10,12-13,15,19,23,26-28,30,41H,5-7,11,14,16-18,20H2,1-4H3,(H,36,45)(H,37,43)(H,38,42)(H,39,44)/t23-,26-,27-,28?,30?,34?/m0/s1. The van der Waals surface area contributed by atoms with Crippen LogP contribution in [0.2, 0.25) is 5.02 Å². The molecule has 4 amide bonds. The zero-order valence-electron chi connectivity index (χ0n) is 27.1. The monoisotopic (exact) mass is 658 g/mol. The van der Waals surface area contributed by atoms with Crippen molar-refractivity contribution in [3.05, 3.63) is 58.7 Å². The molecule has 0 bridgehead atoms. The first kappa shape index (κ1) is 36.8. The molecule has 11 nitrogen and oxygen atoms in total. The Morgan fingerprint density at radius 2 is 1.93 bits per heavy atom. The quantitative estimate of drug-likeness (QED) is 0.171. The molecule has 1 aromatic rings. The second kappa shape index (κ2) is 17.3. The summed E-state index contributed by atoms with van der Waals surface area (Å²) in [5.41, 5.74) is 1.33. The minimum absolute atomic E-state index is 0.0639. The van der Waals surface area contributed by atoms with Gasteiger partial charge in [-0.2, -0.15) is 0 Å². The summed E-state index contributed by atoms with van der Waals surface area (Å²) in [6, 6.07) is 5.62. The summed E-state index contributed by atoms with van der Waals surface area (Å²) in [5, 5.41) is 22.5. The van der Waals surface area contributed by atoms with E-state index in [0.717, 1.165) is 18.9 Å². The molecule has 2 aliphatic rings. The minimum atomic E-state index is -1.37. The zero-order chi connectivity index (χ0) is 33.9. The second-order valence-electron chi connectivity index (χ2n) is 12.2. The van der Waals surface area contributed by atoms with Gasteiger partial charge in [-0.05, 0) is 55.9 Å². The normalized spacial score (nSPS) is 21.7. The number of carbonyl (C=O) groups excluding carboxylic acids is 5. The van der Waals surface area contributed by atoms with Gasteiger partial charge in [0.05, 0.1) is 18.6 Å². The number of hydrogen-bond donors (Lipinski definition) is 5. The zero-order valence-corrected chi connectivity index (χ0v) is 27.8. The van der Waals surface area contributed by atoms with Gasteiger partial charge in [-0.3, -0.25) is 24.0 Å². The van der Waals surface area contributed by atoms with Crippen LogP contribution in [0.5, 0.6) is 0 Å². The van der Waals surface area contributed by atoms with Crippen LogP contribution >= 0.6 is 11.6 Å². The van der Waals surface area contributed by atoms with E-state index in [-0.39, 0.29) is 30.7 Å². The molecule has 1 aromatic carbocycles. The summed E-state index contributed by atoms with van der Waals surface area (Å²) >= 11 is 6.19. The SMILES string of the molecule is CCCC[C@H](NC(=O)CC(O)C1=CCC(C)(c2cccc(Cl)c2)C=C1)C(=O)N[C@@H](C[C@@H]1CCNC1=O)C(OC(C)=O)C(=O)NCC. The van der Waals surface area contributed by atoms with Crippen LogP contribution in [0, 0.1) is 5.92 Å². The van der Waals surface area contributed by atoms with Crippen molar-refractivity contribution in [3.8, 4) is 0 Å². The van der Waals surface area contributed by atoms with E-state index in [2.05, 4.69) is 28.2 Å². The minimum Gasteiger partial charge on any atom is -0.450 e. The van der Waals surface area contributed by atoms with Crippen LogP contribution in [0.1, 0.15) is 78.2 Å². The highest BCUT2D eigenvalue weighted by Crippen LogP contribution is 2.35. The molecular weight excluding hydrogens is 612 g/mol. The van der Waals surface area contributed by atoms with Gasteiger partial charge in [0.1, 0.15) is 6.04 Å². The summed E-state index contributed by atoms with van der Waals surface area (Å²) < 4.78 is 5.35. The van der Waals surface area contributed by atoms with Gasteiger partial charge in [0.25, 0.3) is 5.91 Å². The van der Waals surface area contributed by atoms with Gasteiger partial charge < -0.3 is 31.1 Å². The summed E-state index contributed by atoms with van der Waals surface area (Å²) in [7, 11) is 0. The molecule has 46 heavy (non-hydrogen) atoms. The molecule has 0 radical (unpaired) electrons. The van der Waals surface area contributed by atoms with Crippen molar-refractivity contribution >= 4 is 41.2 Å². The van der Waals surface area contributed by atoms with Crippen LogP contribution in [-0.4, -0.2) is 72.1 Å². The molecule has 12 heteroatoms.